The SMILES string of the molecule is C/C(=C/C(OCc1ncc(F)cc1F)=C(\C)Cl)N(C=O)c1cc(C=O)ncc1C.C/C=C\C.CO. The fourth-order valence-corrected chi connectivity index (χ4v) is 2.49. The van der Waals surface area contributed by atoms with Crippen LogP contribution in [0.4, 0.5) is 14.5 Å². The Morgan fingerprint density at radius 1 is 1.11 bits per heavy atom. The molecule has 0 aliphatic heterocycles. The summed E-state index contributed by atoms with van der Waals surface area (Å²) in [6.07, 6.45) is 8.99. The van der Waals surface area contributed by atoms with Crippen molar-refractivity contribution in [1.29, 1.82) is 0 Å². The highest BCUT2D eigenvalue weighted by Crippen LogP contribution is 2.24. The molecule has 0 radical (unpaired) electrons. The molecule has 1 N–H and O–H groups in total. The summed E-state index contributed by atoms with van der Waals surface area (Å²) in [7, 11) is 1.00. The van der Waals surface area contributed by atoms with Crippen LogP contribution in [0.25, 0.3) is 0 Å². The summed E-state index contributed by atoms with van der Waals surface area (Å²) in [6, 6.07) is 2.18. The molecule has 0 fully saturated rings. The van der Waals surface area contributed by atoms with Crippen molar-refractivity contribution in [2.24, 2.45) is 0 Å². The van der Waals surface area contributed by atoms with Gasteiger partial charge in [0.2, 0.25) is 6.41 Å². The smallest absolute Gasteiger partial charge is 0.218 e. The molecule has 0 spiro atoms. The van der Waals surface area contributed by atoms with Crippen LogP contribution in [-0.2, 0) is 16.1 Å². The van der Waals surface area contributed by atoms with Gasteiger partial charge in [-0.1, -0.05) is 23.8 Å². The van der Waals surface area contributed by atoms with E-state index >= 15 is 0 Å². The standard InChI is InChI=1S/C20H18ClF2N3O3.C4H8.CH4O/c1-12-7-24-16(9-27)6-19(12)26(11-28)13(2)4-20(14(3)21)29-10-18-17(23)5-15(22)8-25-18;1-3-4-2;1-2/h4-9,11H,10H2,1-3H3;3-4H,1-2H3;2H,1H3/b13-4-,20-14-;4-3-;. The first-order chi connectivity index (χ1) is 16.7. The molecule has 0 aliphatic carbocycles. The van der Waals surface area contributed by atoms with Crippen LogP contribution in [0.1, 0.15) is 49.4 Å². The van der Waals surface area contributed by atoms with Gasteiger partial charge in [-0.15, -0.1) is 0 Å². The normalized spacial score (nSPS) is 11.4. The molecule has 0 atom stereocenters. The Labute approximate surface area is 209 Å². The van der Waals surface area contributed by atoms with Crippen molar-refractivity contribution in [3.05, 3.63) is 87.8 Å². The third kappa shape index (κ3) is 10.6. The van der Waals surface area contributed by atoms with Crippen molar-refractivity contribution >= 4 is 30.0 Å². The molecule has 190 valence electrons. The number of allylic oxidation sites excluding steroid dienone is 5. The van der Waals surface area contributed by atoms with E-state index in [4.69, 9.17) is 21.4 Å². The van der Waals surface area contributed by atoms with E-state index in [-0.39, 0.29) is 28.8 Å². The molecule has 35 heavy (non-hydrogen) atoms. The summed E-state index contributed by atoms with van der Waals surface area (Å²) in [6.45, 7) is 8.64. The number of hydrogen-bond acceptors (Lipinski definition) is 6. The number of carbonyl (C=O) groups excluding carboxylic acids is 2. The number of aryl methyl sites for hydroxylation is 1. The molecule has 2 heterocycles. The van der Waals surface area contributed by atoms with Gasteiger partial charge >= 0.3 is 0 Å². The summed E-state index contributed by atoms with van der Waals surface area (Å²) in [5.41, 5.74) is 1.63. The van der Waals surface area contributed by atoms with Crippen molar-refractivity contribution in [3.8, 4) is 0 Å². The molecule has 0 saturated carbocycles. The Kier molecular flexibility index (Phi) is 15.4. The number of aliphatic hydroxyl groups excluding tert-OH is 1. The molecular weight excluding hydrogens is 480 g/mol. The number of aliphatic hydroxyl groups is 1. The first-order valence-electron chi connectivity index (χ1n) is 10.3. The predicted molar refractivity (Wildman–Crippen MR) is 133 cm³/mol. The van der Waals surface area contributed by atoms with Crippen LogP contribution >= 0.6 is 11.6 Å². The molecule has 7 nitrogen and oxygen atoms in total. The molecule has 0 saturated heterocycles. The highest BCUT2D eigenvalue weighted by molar-refractivity contribution is 6.29. The summed E-state index contributed by atoms with van der Waals surface area (Å²) < 4.78 is 32.2. The lowest BCUT2D eigenvalue weighted by Crippen LogP contribution is -2.20. The quantitative estimate of drug-likeness (QED) is 0.215. The lowest BCUT2D eigenvalue weighted by Gasteiger charge is -2.21. The number of amides is 1. The summed E-state index contributed by atoms with van der Waals surface area (Å²) in [5, 5.41) is 7.25. The van der Waals surface area contributed by atoms with Gasteiger partial charge in [0.15, 0.2) is 12.1 Å². The number of anilines is 1. The number of hydrogen-bond donors (Lipinski definition) is 1. The fraction of sp³-hybridized carbons (Fsp3) is 0.280. The highest BCUT2D eigenvalue weighted by Gasteiger charge is 2.14. The van der Waals surface area contributed by atoms with E-state index in [0.717, 1.165) is 13.3 Å². The number of rotatable bonds is 8. The Morgan fingerprint density at radius 2 is 1.74 bits per heavy atom. The van der Waals surface area contributed by atoms with Crippen LogP contribution in [0.3, 0.4) is 0 Å². The largest absolute Gasteiger partial charge is 0.486 e. The lowest BCUT2D eigenvalue weighted by atomic mass is 10.2. The van der Waals surface area contributed by atoms with Gasteiger partial charge in [-0.3, -0.25) is 24.5 Å². The first-order valence-corrected chi connectivity index (χ1v) is 10.7. The molecular formula is C25H30ClF2N3O4. The van der Waals surface area contributed by atoms with Gasteiger partial charge in [-0.05, 0) is 46.2 Å². The first kappa shape index (κ1) is 31.6. The van der Waals surface area contributed by atoms with Gasteiger partial charge < -0.3 is 9.84 Å². The summed E-state index contributed by atoms with van der Waals surface area (Å²) >= 11 is 6.06. The summed E-state index contributed by atoms with van der Waals surface area (Å²) in [4.78, 5) is 31.6. The second-order valence-corrected chi connectivity index (χ2v) is 7.28. The van der Waals surface area contributed by atoms with Gasteiger partial charge in [-0.25, -0.2) is 8.78 Å². The molecule has 10 heteroatoms. The van der Waals surface area contributed by atoms with E-state index in [2.05, 4.69) is 9.97 Å². The van der Waals surface area contributed by atoms with E-state index in [1.54, 1.807) is 20.8 Å². The molecule has 0 aliphatic rings. The number of carbonyl (C=O) groups is 2. The van der Waals surface area contributed by atoms with E-state index in [1.807, 2.05) is 26.0 Å². The van der Waals surface area contributed by atoms with Gasteiger partial charge in [0.25, 0.3) is 0 Å². The van der Waals surface area contributed by atoms with E-state index < -0.39 is 11.6 Å². The van der Waals surface area contributed by atoms with E-state index in [1.165, 1.54) is 23.2 Å². The zero-order chi connectivity index (χ0) is 27.0. The minimum atomic E-state index is -0.847. The van der Waals surface area contributed by atoms with Crippen molar-refractivity contribution in [1.82, 2.24) is 9.97 Å². The average molecular weight is 510 g/mol. The van der Waals surface area contributed by atoms with Crippen molar-refractivity contribution in [2.45, 2.75) is 41.2 Å². The molecule has 2 rings (SSSR count). The fourth-order valence-electron chi connectivity index (χ4n) is 2.38. The minimum absolute atomic E-state index is 0.0966. The van der Waals surface area contributed by atoms with Crippen LogP contribution < -0.4 is 4.90 Å². The highest BCUT2D eigenvalue weighted by atomic mass is 35.5. The Morgan fingerprint density at radius 3 is 2.23 bits per heavy atom. The molecule has 0 unspecified atom stereocenters. The number of halogens is 3. The monoisotopic (exact) mass is 509 g/mol. The number of ether oxygens (including phenoxy) is 1. The van der Waals surface area contributed by atoms with Crippen LogP contribution in [0.2, 0.25) is 0 Å². The molecule has 2 aromatic rings. The van der Waals surface area contributed by atoms with Crippen molar-refractivity contribution in [3.63, 3.8) is 0 Å². The number of nitrogens with zero attached hydrogens (tertiary/aromatic N) is 3. The summed E-state index contributed by atoms with van der Waals surface area (Å²) in [5.74, 6) is -1.47. The van der Waals surface area contributed by atoms with Gasteiger partial charge in [0, 0.05) is 31.1 Å². The molecule has 0 aromatic carbocycles. The maximum absolute atomic E-state index is 13.7. The lowest BCUT2D eigenvalue weighted by molar-refractivity contribution is -0.107. The molecule has 0 bridgehead atoms. The van der Waals surface area contributed by atoms with E-state index in [0.29, 0.717) is 35.7 Å². The third-order valence-electron chi connectivity index (χ3n) is 4.22. The zero-order valence-corrected chi connectivity index (χ0v) is 21.3. The molecule has 2 aromatic heterocycles. The van der Waals surface area contributed by atoms with Crippen LogP contribution in [0.5, 0.6) is 0 Å². The zero-order valence-electron chi connectivity index (χ0n) is 20.6. The van der Waals surface area contributed by atoms with Gasteiger partial charge in [0.1, 0.15) is 29.6 Å². The second kappa shape index (κ2) is 17.1. The predicted octanol–water partition coefficient (Wildman–Crippen LogP) is 5.62. The Hall–Kier alpha value is -3.43. The Balaban J connectivity index is 0.00000174. The number of pyridine rings is 2. The minimum Gasteiger partial charge on any atom is -0.486 e. The Bertz CT molecular complexity index is 1060. The second-order valence-electron chi connectivity index (χ2n) is 6.71. The van der Waals surface area contributed by atoms with E-state index in [9.17, 15) is 18.4 Å². The van der Waals surface area contributed by atoms with Crippen LogP contribution in [0, 0.1) is 18.6 Å². The topological polar surface area (TPSA) is 92.6 Å². The molecule has 1 amide bonds. The average Bonchev–Trinajstić information content (AvgIpc) is 2.85. The third-order valence-corrected chi connectivity index (χ3v) is 4.41. The van der Waals surface area contributed by atoms with Crippen LogP contribution in [-0.4, -0.2) is 34.9 Å². The number of aldehydes is 1. The number of aromatic nitrogens is 2. The van der Waals surface area contributed by atoms with Crippen molar-refractivity contribution in [2.75, 3.05) is 12.0 Å². The maximum Gasteiger partial charge on any atom is 0.218 e. The van der Waals surface area contributed by atoms with Crippen LogP contribution in [0.15, 0.2) is 59.2 Å². The van der Waals surface area contributed by atoms with Gasteiger partial charge in [-0.2, -0.15) is 0 Å². The van der Waals surface area contributed by atoms with Gasteiger partial charge in [0.05, 0.1) is 16.9 Å². The maximum atomic E-state index is 13.7. The van der Waals surface area contributed by atoms with Crippen molar-refractivity contribution < 1.29 is 28.2 Å².